The number of anilines is 1. The number of hydrogen-bond acceptors (Lipinski definition) is 4. The van der Waals surface area contributed by atoms with Gasteiger partial charge in [-0.3, -0.25) is 9.59 Å². The first kappa shape index (κ1) is 17.3. The topological polar surface area (TPSA) is 67.9 Å². The molecule has 0 saturated heterocycles. The van der Waals surface area contributed by atoms with Gasteiger partial charge >= 0.3 is 0 Å². The van der Waals surface area contributed by atoms with E-state index in [2.05, 4.69) is 21.2 Å². The molecule has 1 unspecified atom stereocenters. The predicted molar refractivity (Wildman–Crippen MR) is 96.8 cm³/mol. The first-order chi connectivity index (χ1) is 12.0. The van der Waals surface area contributed by atoms with Crippen LogP contribution in [0.1, 0.15) is 0 Å². The number of nitrogens with one attached hydrogen (secondary N) is 1. The van der Waals surface area contributed by atoms with Crippen LogP contribution in [-0.2, 0) is 9.59 Å². The molecule has 1 atom stereocenters. The summed E-state index contributed by atoms with van der Waals surface area (Å²) in [7, 11) is 1.56. The summed E-state index contributed by atoms with van der Waals surface area (Å²) in [6.07, 6.45) is -0.767. The molecule has 0 fully saturated rings. The highest BCUT2D eigenvalue weighted by atomic mass is 79.9. The van der Waals surface area contributed by atoms with Gasteiger partial charge in [-0.05, 0) is 40.2 Å². The van der Waals surface area contributed by atoms with E-state index in [1.165, 1.54) is 4.90 Å². The maximum absolute atomic E-state index is 12.5. The Bertz CT molecular complexity index is 796. The van der Waals surface area contributed by atoms with Crippen molar-refractivity contribution in [1.82, 2.24) is 4.90 Å². The van der Waals surface area contributed by atoms with E-state index in [9.17, 15) is 9.59 Å². The molecule has 0 bridgehead atoms. The lowest BCUT2D eigenvalue weighted by atomic mass is 10.2. The average molecular weight is 405 g/mol. The summed E-state index contributed by atoms with van der Waals surface area (Å²) in [6.45, 7) is 0.0354. The molecule has 0 saturated carbocycles. The molecule has 0 aliphatic carbocycles. The highest BCUT2D eigenvalue weighted by molar-refractivity contribution is 9.10. The van der Waals surface area contributed by atoms with E-state index in [0.717, 1.165) is 4.47 Å². The Morgan fingerprint density at radius 1 is 1.16 bits per heavy atom. The van der Waals surface area contributed by atoms with Crippen LogP contribution in [0.15, 0.2) is 53.0 Å². The SMILES string of the molecule is CN(CC(=O)Nc1ccccc1Br)C(=O)C1COc2ccccc2O1. The predicted octanol–water partition coefficient (Wildman–Crippen LogP) is 2.69. The number of rotatable bonds is 4. The van der Waals surface area contributed by atoms with E-state index < -0.39 is 6.10 Å². The van der Waals surface area contributed by atoms with Crippen LogP contribution in [0.2, 0.25) is 0 Å². The number of likely N-dealkylation sites (N-methyl/N-ethyl adjacent to an activating group) is 1. The van der Waals surface area contributed by atoms with Gasteiger partial charge in [-0.1, -0.05) is 24.3 Å². The van der Waals surface area contributed by atoms with Crippen molar-refractivity contribution in [3.63, 3.8) is 0 Å². The van der Waals surface area contributed by atoms with Crippen molar-refractivity contribution in [3.8, 4) is 11.5 Å². The molecule has 2 amide bonds. The molecule has 130 valence electrons. The summed E-state index contributed by atoms with van der Waals surface area (Å²) in [4.78, 5) is 26.0. The molecule has 1 heterocycles. The largest absolute Gasteiger partial charge is 0.485 e. The molecule has 3 rings (SSSR count). The normalized spacial score (nSPS) is 15.4. The van der Waals surface area contributed by atoms with E-state index in [-0.39, 0.29) is 25.0 Å². The third-order valence-electron chi connectivity index (χ3n) is 3.69. The molecule has 1 N–H and O–H groups in total. The van der Waals surface area contributed by atoms with Crippen molar-refractivity contribution < 1.29 is 19.1 Å². The molecule has 0 spiro atoms. The van der Waals surface area contributed by atoms with Crippen molar-refractivity contribution in [2.75, 3.05) is 25.5 Å². The van der Waals surface area contributed by atoms with Crippen molar-refractivity contribution in [3.05, 3.63) is 53.0 Å². The first-order valence-electron chi connectivity index (χ1n) is 7.72. The van der Waals surface area contributed by atoms with Crippen molar-refractivity contribution in [1.29, 1.82) is 0 Å². The smallest absolute Gasteiger partial charge is 0.267 e. The Morgan fingerprint density at radius 2 is 1.84 bits per heavy atom. The van der Waals surface area contributed by atoms with E-state index in [1.54, 1.807) is 25.2 Å². The lowest BCUT2D eigenvalue weighted by Crippen LogP contribution is -2.47. The summed E-state index contributed by atoms with van der Waals surface area (Å²) < 4.78 is 12.0. The van der Waals surface area contributed by atoms with Gasteiger partial charge in [0.2, 0.25) is 12.0 Å². The van der Waals surface area contributed by atoms with Gasteiger partial charge in [0.05, 0.1) is 12.2 Å². The van der Waals surface area contributed by atoms with E-state index >= 15 is 0 Å². The summed E-state index contributed by atoms with van der Waals surface area (Å²) in [6, 6.07) is 14.5. The highest BCUT2D eigenvalue weighted by Gasteiger charge is 2.30. The molecule has 6 nitrogen and oxygen atoms in total. The van der Waals surface area contributed by atoms with Crippen molar-refractivity contribution in [2.24, 2.45) is 0 Å². The average Bonchev–Trinajstić information content (AvgIpc) is 2.62. The second-order valence-corrected chi connectivity index (χ2v) is 6.44. The Morgan fingerprint density at radius 3 is 2.60 bits per heavy atom. The van der Waals surface area contributed by atoms with Crippen LogP contribution < -0.4 is 14.8 Å². The van der Waals surface area contributed by atoms with Gasteiger partial charge in [-0.2, -0.15) is 0 Å². The summed E-state index contributed by atoms with van der Waals surface area (Å²) in [5, 5.41) is 2.76. The van der Waals surface area contributed by atoms with Gasteiger partial charge in [0.25, 0.3) is 5.91 Å². The van der Waals surface area contributed by atoms with Crippen LogP contribution in [0, 0.1) is 0 Å². The van der Waals surface area contributed by atoms with Gasteiger partial charge in [0.15, 0.2) is 11.5 Å². The Kier molecular flexibility index (Phi) is 5.23. The zero-order chi connectivity index (χ0) is 17.8. The minimum atomic E-state index is -0.767. The summed E-state index contributed by atoms with van der Waals surface area (Å²) in [5.41, 5.74) is 0.652. The van der Waals surface area contributed by atoms with Crippen molar-refractivity contribution >= 4 is 33.4 Å². The van der Waals surface area contributed by atoms with Crippen LogP contribution >= 0.6 is 15.9 Å². The number of halogens is 1. The first-order valence-corrected chi connectivity index (χ1v) is 8.52. The van der Waals surface area contributed by atoms with Gasteiger partial charge in [0.1, 0.15) is 6.61 Å². The fourth-order valence-electron chi connectivity index (χ4n) is 2.43. The summed E-state index contributed by atoms with van der Waals surface area (Å²) in [5.74, 6) is 0.538. The molecule has 0 radical (unpaired) electrons. The Labute approximate surface area is 153 Å². The third kappa shape index (κ3) is 4.11. The van der Waals surface area contributed by atoms with Crippen LogP contribution in [0.3, 0.4) is 0 Å². The molecule has 1 aliphatic rings. The van der Waals surface area contributed by atoms with E-state index in [0.29, 0.717) is 17.2 Å². The standard InChI is InChI=1S/C18H17BrN2O4/c1-21(10-17(22)20-13-7-3-2-6-12(13)19)18(23)16-11-24-14-8-4-5-9-15(14)25-16/h2-9,16H,10-11H2,1H3,(H,20,22). The fraction of sp³-hybridized carbons (Fsp3) is 0.222. The molecule has 2 aromatic carbocycles. The monoisotopic (exact) mass is 404 g/mol. The number of para-hydroxylation sites is 3. The second-order valence-electron chi connectivity index (χ2n) is 5.59. The molecule has 1 aliphatic heterocycles. The molecule has 2 aromatic rings. The zero-order valence-electron chi connectivity index (χ0n) is 13.6. The lowest BCUT2D eigenvalue weighted by Gasteiger charge is -2.28. The number of ether oxygens (including phenoxy) is 2. The van der Waals surface area contributed by atoms with Gasteiger partial charge in [0, 0.05) is 11.5 Å². The lowest BCUT2D eigenvalue weighted by molar-refractivity contribution is -0.141. The van der Waals surface area contributed by atoms with Crippen molar-refractivity contribution in [2.45, 2.75) is 6.10 Å². The van der Waals surface area contributed by atoms with Crippen LogP contribution in [-0.4, -0.2) is 43.0 Å². The quantitative estimate of drug-likeness (QED) is 0.850. The molecule has 0 aromatic heterocycles. The van der Waals surface area contributed by atoms with Gasteiger partial charge < -0.3 is 19.7 Å². The number of amides is 2. The van der Waals surface area contributed by atoms with Crippen LogP contribution in [0.5, 0.6) is 11.5 Å². The summed E-state index contributed by atoms with van der Waals surface area (Å²) >= 11 is 3.37. The van der Waals surface area contributed by atoms with E-state index in [1.807, 2.05) is 30.3 Å². The zero-order valence-corrected chi connectivity index (χ0v) is 15.2. The minimum Gasteiger partial charge on any atom is -0.485 e. The third-order valence-corrected chi connectivity index (χ3v) is 4.38. The van der Waals surface area contributed by atoms with Gasteiger partial charge in [-0.25, -0.2) is 0 Å². The Balaban J connectivity index is 1.58. The molecule has 25 heavy (non-hydrogen) atoms. The van der Waals surface area contributed by atoms with E-state index in [4.69, 9.17) is 9.47 Å². The maximum Gasteiger partial charge on any atom is 0.267 e. The van der Waals surface area contributed by atoms with Crippen LogP contribution in [0.25, 0.3) is 0 Å². The Hall–Kier alpha value is -2.54. The second kappa shape index (κ2) is 7.57. The number of nitrogens with zero attached hydrogens (tertiary/aromatic N) is 1. The molecule has 7 heteroatoms. The minimum absolute atomic E-state index is 0.0817. The van der Waals surface area contributed by atoms with Crippen LogP contribution in [0.4, 0.5) is 5.69 Å². The number of hydrogen-bond donors (Lipinski definition) is 1. The maximum atomic E-state index is 12.5. The highest BCUT2D eigenvalue weighted by Crippen LogP contribution is 2.31. The number of fused-ring (bicyclic) bond motifs is 1. The fourth-order valence-corrected chi connectivity index (χ4v) is 2.82. The number of benzene rings is 2. The number of carbonyl (C=O) groups is 2. The molecular formula is C18H17BrN2O4. The molecular weight excluding hydrogens is 388 g/mol. The van der Waals surface area contributed by atoms with Gasteiger partial charge in [-0.15, -0.1) is 0 Å². The number of carbonyl (C=O) groups excluding carboxylic acids is 2.